The van der Waals surface area contributed by atoms with E-state index in [1.54, 1.807) is 36.0 Å². The summed E-state index contributed by atoms with van der Waals surface area (Å²) in [5, 5.41) is 2.69. The van der Waals surface area contributed by atoms with Crippen LogP contribution < -0.4 is 15.8 Å². The van der Waals surface area contributed by atoms with Crippen LogP contribution in [-0.2, 0) is 14.8 Å². The number of carbonyl (C=O) groups is 1. The molecule has 8 heteroatoms. The Morgan fingerprint density at radius 1 is 1.30 bits per heavy atom. The van der Waals surface area contributed by atoms with Crippen molar-refractivity contribution in [3.05, 3.63) is 24.3 Å². The SMILES string of the molecule is CSCC[C@@H](N)C(=O)Nc1ccc(NS(C)(=O)=O)cc1. The third kappa shape index (κ3) is 6.27. The number of sulfonamides is 1. The van der Waals surface area contributed by atoms with Crippen LogP contribution in [-0.4, -0.2) is 38.6 Å². The molecule has 0 saturated heterocycles. The normalized spacial score (nSPS) is 12.8. The van der Waals surface area contributed by atoms with Gasteiger partial charge in [-0.3, -0.25) is 9.52 Å². The first-order chi connectivity index (χ1) is 9.31. The minimum atomic E-state index is -3.30. The molecule has 0 fully saturated rings. The lowest BCUT2D eigenvalue weighted by Crippen LogP contribution is -2.36. The number of thioether (sulfide) groups is 1. The third-order valence-corrected chi connectivity index (χ3v) is 3.68. The maximum atomic E-state index is 11.8. The summed E-state index contributed by atoms with van der Waals surface area (Å²) in [7, 11) is -3.30. The molecule has 0 radical (unpaired) electrons. The van der Waals surface area contributed by atoms with E-state index in [-0.39, 0.29) is 5.91 Å². The average molecular weight is 317 g/mol. The van der Waals surface area contributed by atoms with E-state index < -0.39 is 16.1 Å². The summed E-state index contributed by atoms with van der Waals surface area (Å²) in [6, 6.07) is 5.84. The van der Waals surface area contributed by atoms with Crippen LogP contribution in [0.25, 0.3) is 0 Å². The number of anilines is 2. The molecule has 1 aromatic rings. The molecule has 1 atom stereocenters. The van der Waals surface area contributed by atoms with Crippen molar-refractivity contribution < 1.29 is 13.2 Å². The molecule has 0 spiro atoms. The fourth-order valence-electron chi connectivity index (χ4n) is 1.45. The van der Waals surface area contributed by atoms with Gasteiger partial charge in [-0.25, -0.2) is 8.42 Å². The van der Waals surface area contributed by atoms with Crippen LogP contribution in [0, 0.1) is 0 Å². The van der Waals surface area contributed by atoms with Crippen LogP contribution in [0.3, 0.4) is 0 Å². The third-order valence-electron chi connectivity index (χ3n) is 2.43. The van der Waals surface area contributed by atoms with Gasteiger partial charge in [0.05, 0.1) is 12.3 Å². The predicted octanol–water partition coefficient (Wildman–Crippen LogP) is 1.08. The van der Waals surface area contributed by atoms with E-state index >= 15 is 0 Å². The van der Waals surface area contributed by atoms with Crippen LogP contribution >= 0.6 is 11.8 Å². The molecule has 0 saturated carbocycles. The molecule has 112 valence electrons. The quantitative estimate of drug-likeness (QED) is 0.698. The van der Waals surface area contributed by atoms with Gasteiger partial charge in [0.1, 0.15) is 0 Å². The maximum absolute atomic E-state index is 11.8. The van der Waals surface area contributed by atoms with E-state index in [4.69, 9.17) is 5.73 Å². The Morgan fingerprint density at radius 2 is 1.85 bits per heavy atom. The molecule has 6 nitrogen and oxygen atoms in total. The zero-order valence-electron chi connectivity index (χ0n) is 11.4. The predicted molar refractivity (Wildman–Crippen MR) is 84.5 cm³/mol. The number of nitrogens with two attached hydrogens (primary N) is 1. The molecule has 1 amide bonds. The van der Waals surface area contributed by atoms with Crippen molar-refractivity contribution in [2.45, 2.75) is 12.5 Å². The number of hydrogen-bond donors (Lipinski definition) is 3. The van der Waals surface area contributed by atoms with Gasteiger partial charge >= 0.3 is 0 Å². The lowest BCUT2D eigenvalue weighted by atomic mass is 10.2. The first-order valence-corrected chi connectivity index (χ1v) is 9.23. The van der Waals surface area contributed by atoms with Gasteiger partial charge < -0.3 is 11.1 Å². The minimum absolute atomic E-state index is 0.247. The second kappa shape index (κ2) is 7.51. The largest absolute Gasteiger partial charge is 0.325 e. The summed E-state index contributed by atoms with van der Waals surface area (Å²) in [6.07, 6.45) is 3.65. The fourth-order valence-corrected chi connectivity index (χ4v) is 2.50. The minimum Gasteiger partial charge on any atom is -0.325 e. The first-order valence-electron chi connectivity index (χ1n) is 5.95. The Morgan fingerprint density at radius 3 is 2.35 bits per heavy atom. The van der Waals surface area contributed by atoms with Crippen molar-refractivity contribution in [3.63, 3.8) is 0 Å². The molecule has 0 aliphatic rings. The first kappa shape index (κ1) is 16.8. The Hall–Kier alpha value is -1.25. The van der Waals surface area contributed by atoms with E-state index in [1.807, 2.05) is 6.26 Å². The summed E-state index contributed by atoms with van der Waals surface area (Å²) in [4.78, 5) is 11.8. The number of carbonyl (C=O) groups excluding carboxylic acids is 1. The van der Waals surface area contributed by atoms with Crippen molar-refractivity contribution in [3.8, 4) is 0 Å². The molecule has 0 heterocycles. The Bertz CT molecular complexity index is 544. The molecule has 4 N–H and O–H groups in total. The molecular formula is C12H19N3O3S2. The number of amides is 1. The van der Waals surface area contributed by atoms with Crippen LogP contribution in [0.1, 0.15) is 6.42 Å². The van der Waals surface area contributed by atoms with Gasteiger partial charge in [-0.1, -0.05) is 0 Å². The fraction of sp³-hybridized carbons (Fsp3) is 0.417. The van der Waals surface area contributed by atoms with Crippen LogP contribution in [0.5, 0.6) is 0 Å². The molecule has 0 aromatic heterocycles. The van der Waals surface area contributed by atoms with Gasteiger partial charge in [0, 0.05) is 11.4 Å². The van der Waals surface area contributed by atoms with E-state index in [2.05, 4.69) is 10.0 Å². The van der Waals surface area contributed by atoms with Gasteiger partial charge in [-0.05, 0) is 42.7 Å². The highest BCUT2D eigenvalue weighted by Gasteiger charge is 2.12. The van der Waals surface area contributed by atoms with Gasteiger partial charge in [-0.2, -0.15) is 11.8 Å². The monoisotopic (exact) mass is 317 g/mol. The molecular weight excluding hydrogens is 298 g/mol. The topological polar surface area (TPSA) is 101 Å². The van der Waals surface area contributed by atoms with Gasteiger partial charge in [0.2, 0.25) is 15.9 Å². The summed E-state index contributed by atoms with van der Waals surface area (Å²) in [5.41, 5.74) is 6.77. The molecule has 0 unspecified atom stereocenters. The molecule has 0 aliphatic carbocycles. The molecule has 20 heavy (non-hydrogen) atoms. The molecule has 1 aromatic carbocycles. The standard InChI is InChI=1S/C12H19N3O3S2/c1-19-8-7-11(13)12(16)14-9-3-5-10(6-4-9)15-20(2,17)18/h3-6,11,15H,7-8,13H2,1-2H3,(H,14,16)/t11-/m1/s1. The van der Waals surface area contributed by atoms with E-state index in [1.165, 1.54) is 0 Å². The molecule has 0 bridgehead atoms. The van der Waals surface area contributed by atoms with Gasteiger partial charge in [-0.15, -0.1) is 0 Å². The van der Waals surface area contributed by atoms with Crippen LogP contribution in [0.15, 0.2) is 24.3 Å². The highest BCUT2D eigenvalue weighted by atomic mass is 32.2. The lowest BCUT2D eigenvalue weighted by molar-refractivity contribution is -0.117. The Labute approximate surface area is 123 Å². The zero-order chi connectivity index (χ0) is 15.2. The average Bonchev–Trinajstić information content (AvgIpc) is 2.36. The smallest absolute Gasteiger partial charge is 0.241 e. The van der Waals surface area contributed by atoms with E-state index in [9.17, 15) is 13.2 Å². The van der Waals surface area contributed by atoms with Crippen LogP contribution in [0.2, 0.25) is 0 Å². The highest BCUT2D eigenvalue weighted by Crippen LogP contribution is 2.14. The van der Waals surface area contributed by atoms with E-state index in [0.29, 0.717) is 17.8 Å². The zero-order valence-corrected chi connectivity index (χ0v) is 13.1. The van der Waals surface area contributed by atoms with E-state index in [0.717, 1.165) is 12.0 Å². The summed E-state index contributed by atoms with van der Waals surface area (Å²) < 4.78 is 24.5. The lowest BCUT2D eigenvalue weighted by Gasteiger charge is -2.12. The summed E-state index contributed by atoms with van der Waals surface area (Å²) in [6.45, 7) is 0. The van der Waals surface area contributed by atoms with Crippen molar-refractivity contribution in [2.75, 3.05) is 28.3 Å². The molecule has 1 rings (SSSR count). The number of benzene rings is 1. The second-order valence-corrected chi connectivity index (χ2v) is 7.06. The van der Waals surface area contributed by atoms with Crippen molar-refractivity contribution in [1.29, 1.82) is 0 Å². The van der Waals surface area contributed by atoms with Gasteiger partial charge in [0.15, 0.2) is 0 Å². The van der Waals surface area contributed by atoms with Gasteiger partial charge in [0.25, 0.3) is 0 Å². The number of rotatable bonds is 7. The Kier molecular flexibility index (Phi) is 6.31. The highest BCUT2D eigenvalue weighted by molar-refractivity contribution is 7.98. The van der Waals surface area contributed by atoms with Crippen molar-refractivity contribution in [1.82, 2.24) is 0 Å². The summed E-state index contributed by atoms with van der Waals surface area (Å²) in [5.74, 6) is 0.578. The van der Waals surface area contributed by atoms with Crippen molar-refractivity contribution in [2.24, 2.45) is 5.73 Å². The summed E-state index contributed by atoms with van der Waals surface area (Å²) >= 11 is 1.64. The van der Waals surface area contributed by atoms with Crippen molar-refractivity contribution >= 4 is 39.1 Å². The molecule has 0 aliphatic heterocycles. The Balaban J connectivity index is 2.59. The second-order valence-electron chi connectivity index (χ2n) is 4.33. The number of nitrogens with one attached hydrogen (secondary N) is 2. The number of hydrogen-bond acceptors (Lipinski definition) is 5. The maximum Gasteiger partial charge on any atom is 0.241 e. The van der Waals surface area contributed by atoms with Crippen LogP contribution in [0.4, 0.5) is 11.4 Å².